The minimum absolute atomic E-state index is 0.207. The van der Waals surface area contributed by atoms with Crippen LogP contribution in [-0.4, -0.2) is 31.5 Å². The van der Waals surface area contributed by atoms with E-state index in [-0.39, 0.29) is 5.56 Å². The van der Waals surface area contributed by atoms with Gasteiger partial charge in [0, 0.05) is 6.21 Å². The molecule has 0 spiro atoms. The summed E-state index contributed by atoms with van der Waals surface area (Å²) in [5, 5.41) is 8.98. The van der Waals surface area contributed by atoms with E-state index in [9.17, 15) is 4.79 Å². The molecule has 0 aliphatic heterocycles. The first-order chi connectivity index (χ1) is 10.5. The minimum Gasteiger partial charge on any atom is -0.493 e. The Hall–Kier alpha value is -2.82. The monoisotopic (exact) mass is 299 g/mol. The van der Waals surface area contributed by atoms with E-state index in [4.69, 9.17) is 14.6 Å². The average molecular weight is 299 g/mol. The van der Waals surface area contributed by atoms with Crippen LogP contribution in [0.2, 0.25) is 0 Å². The first kappa shape index (κ1) is 15.6. The SMILES string of the molecule is COc1cc(C)c(C=Nc2cccc(C(=O)O)c2)cc1OC. The molecule has 0 unspecified atom stereocenters. The molecule has 0 fully saturated rings. The summed E-state index contributed by atoms with van der Waals surface area (Å²) in [6.07, 6.45) is 1.68. The van der Waals surface area contributed by atoms with Crippen LogP contribution in [-0.2, 0) is 0 Å². The summed E-state index contributed by atoms with van der Waals surface area (Å²) < 4.78 is 10.5. The molecule has 0 atom stereocenters. The molecule has 5 heteroatoms. The zero-order chi connectivity index (χ0) is 16.1. The van der Waals surface area contributed by atoms with Crippen molar-refractivity contribution in [3.8, 4) is 11.5 Å². The van der Waals surface area contributed by atoms with Crippen LogP contribution >= 0.6 is 0 Å². The van der Waals surface area contributed by atoms with Crippen LogP contribution in [0, 0.1) is 6.92 Å². The molecule has 0 radical (unpaired) electrons. The number of hydrogen-bond acceptors (Lipinski definition) is 4. The number of hydrogen-bond donors (Lipinski definition) is 1. The number of aromatic carboxylic acids is 1. The van der Waals surface area contributed by atoms with Gasteiger partial charge in [0.15, 0.2) is 11.5 Å². The number of aryl methyl sites for hydroxylation is 1. The lowest BCUT2D eigenvalue weighted by molar-refractivity contribution is 0.0697. The van der Waals surface area contributed by atoms with Crippen LogP contribution in [0.1, 0.15) is 21.5 Å². The highest BCUT2D eigenvalue weighted by Gasteiger charge is 2.07. The van der Waals surface area contributed by atoms with Crippen molar-refractivity contribution in [3.63, 3.8) is 0 Å². The van der Waals surface area contributed by atoms with Gasteiger partial charge in [-0.3, -0.25) is 4.99 Å². The van der Waals surface area contributed by atoms with E-state index in [1.807, 2.05) is 19.1 Å². The third kappa shape index (κ3) is 3.44. The smallest absolute Gasteiger partial charge is 0.335 e. The van der Waals surface area contributed by atoms with Crippen LogP contribution in [0.15, 0.2) is 41.4 Å². The summed E-state index contributed by atoms with van der Waals surface area (Å²) in [5.41, 5.74) is 2.64. The Labute approximate surface area is 128 Å². The molecule has 5 nitrogen and oxygen atoms in total. The quantitative estimate of drug-likeness (QED) is 0.858. The predicted octanol–water partition coefficient (Wildman–Crippen LogP) is 3.46. The number of carbonyl (C=O) groups is 1. The Bertz CT molecular complexity index is 723. The summed E-state index contributed by atoms with van der Waals surface area (Å²) in [6, 6.07) is 10.2. The zero-order valence-electron chi connectivity index (χ0n) is 12.7. The van der Waals surface area contributed by atoms with Crippen molar-refractivity contribution in [2.75, 3.05) is 14.2 Å². The largest absolute Gasteiger partial charge is 0.493 e. The summed E-state index contributed by atoms with van der Waals surface area (Å²) in [7, 11) is 3.16. The van der Waals surface area contributed by atoms with Crippen LogP contribution < -0.4 is 9.47 Å². The summed E-state index contributed by atoms with van der Waals surface area (Å²) in [5.74, 6) is 0.304. The Morgan fingerprint density at radius 3 is 2.45 bits per heavy atom. The molecule has 0 aromatic heterocycles. The normalized spacial score (nSPS) is 10.7. The van der Waals surface area contributed by atoms with Crippen molar-refractivity contribution >= 4 is 17.9 Å². The van der Waals surface area contributed by atoms with E-state index in [1.165, 1.54) is 12.1 Å². The molecule has 0 saturated carbocycles. The minimum atomic E-state index is -0.973. The summed E-state index contributed by atoms with van der Waals surface area (Å²) in [4.78, 5) is 15.3. The van der Waals surface area contributed by atoms with E-state index in [2.05, 4.69) is 4.99 Å². The number of carboxylic acid groups (broad SMARTS) is 1. The van der Waals surface area contributed by atoms with Gasteiger partial charge in [-0.25, -0.2) is 4.79 Å². The maximum atomic E-state index is 11.0. The zero-order valence-corrected chi connectivity index (χ0v) is 12.7. The Morgan fingerprint density at radius 2 is 1.82 bits per heavy atom. The second-order valence-electron chi connectivity index (χ2n) is 4.68. The standard InChI is InChI=1S/C17H17NO4/c1-11-7-15(21-2)16(22-3)9-13(11)10-18-14-6-4-5-12(8-14)17(19)20/h4-10H,1-3H3,(H,19,20). The van der Waals surface area contributed by atoms with Gasteiger partial charge in [-0.2, -0.15) is 0 Å². The molecule has 0 saturated heterocycles. The molecule has 2 aromatic carbocycles. The molecular formula is C17H17NO4. The van der Waals surface area contributed by atoms with Gasteiger partial charge in [0.25, 0.3) is 0 Å². The molecule has 0 aliphatic carbocycles. The highest BCUT2D eigenvalue weighted by Crippen LogP contribution is 2.29. The highest BCUT2D eigenvalue weighted by atomic mass is 16.5. The first-order valence-corrected chi connectivity index (χ1v) is 6.65. The predicted molar refractivity (Wildman–Crippen MR) is 84.9 cm³/mol. The number of aliphatic imine (C=N–C) groups is 1. The molecule has 0 aliphatic rings. The third-order valence-electron chi connectivity index (χ3n) is 3.22. The molecule has 114 valence electrons. The van der Waals surface area contributed by atoms with Crippen molar-refractivity contribution in [2.45, 2.75) is 6.92 Å². The molecule has 2 aromatic rings. The van der Waals surface area contributed by atoms with Gasteiger partial charge in [0.05, 0.1) is 25.5 Å². The average Bonchev–Trinajstić information content (AvgIpc) is 2.53. The van der Waals surface area contributed by atoms with Crippen LogP contribution in [0.25, 0.3) is 0 Å². The summed E-state index contributed by atoms with van der Waals surface area (Å²) >= 11 is 0. The Morgan fingerprint density at radius 1 is 1.14 bits per heavy atom. The van der Waals surface area contributed by atoms with Gasteiger partial charge in [0.2, 0.25) is 0 Å². The highest BCUT2D eigenvalue weighted by molar-refractivity contribution is 5.89. The van der Waals surface area contributed by atoms with Gasteiger partial charge >= 0.3 is 5.97 Å². The second kappa shape index (κ2) is 6.76. The summed E-state index contributed by atoms with van der Waals surface area (Å²) in [6.45, 7) is 1.94. The van der Waals surface area contributed by atoms with Crippen molar-refractivity contribution in [1.29, 1.82) is 0 Å². The molecule has 2 rings (SSSR count). The fourth-order valence-electron chi connectivity index (χ4n) is 2.00. The number of methoxy groups -OCH3 is 2. The molecular weight excluding hydrogens is 282 g/mol. The van der Waals surface area contributed by atoms with Crippen molar-refractivity contribution in [2.24, 2.45) is 4.99 Å². The van der Waals surface area contributed by atoms with Crippen molar-refractivity contribution < 1.29 is 19.4 Å². The van der Waals surface area contributed by atoms with Crippen molar-refractivity contribution in [3.05, 3.63) is 53.1 Å². The van der Waals surface area contributed by atoms with Gasteiger partial charge in [-0.05, 0) is 48.4 Å². The lowest BCUT2D eigenvalue weighted by atomic mass is 10.1. The molecule has 22 heavy (non-hydrogen) atoms. The van der Waals surface area contributed by atoms with E-state index >= 15 is 0 Å². The van der Waals surface area contributed by atoms with E-state index in [1.54, 1.807) is 32.6 Å². The number of benzene rings is 2. The topological polar surface area (TPSA) is 68.1 Å². The van der Waals surface area contributed by atoms with Crippen LogP contribution in [0.3, 0.4) is 0 Å². The Balaban J connectivity index is 2.34. The lowest BCUT2D eigenvalue weighted by Gasteiger charge is -2.10. The van der Waals surface area contributed by atoms with E-state index in [0.29, 0.717) is 17.2 Å². The lowest BCUT2D eigenvalue weighted by Crippen LogP contribution is -1.96. The number of ether oxygens (including phenoxy) is 2. The maximum Gasteiger partial charge on any atom is 0.335 e. The van der Waals surface area contributed by atoms with Gasteiger partial charge < -0.3 is 14.6 Å². The Kier molecular flexibility index (Phi) is 4.78. The van der Waals surface area contributed by atoms with E-state index < -0.39 is 5.97 Å². The molecule has 0 amide bonds. The van der Waals surface area contributed by atoms with Gasteiger partial charge in [-0.15, -0.1) is 0 Å². The van der Waals surface area contributed by atoms with Crippen LogP contribution in [0.4, 0.5) is 5.69 Å². The fraction of sp³-hybridized carbons (Fsp3) is 0.176. The number of nitrogens with zero attached hydrogens (tertiary/aromatic N) is 1. The van der Waals surface area contributed by atoms with Gasteiger partial charge in [-0.1, -0.05) is 6.07 Å². The van der Waals surface area contributed by atoms with Crippen LogP contribution in [0.5, 0.6) is 11.5 Å². The maximum absolute atomic E-state index is 11.0. The number of carboxylic acids is 1. The van der Waals surface area contributed by atoms with Crippen molar-refractivity contribution in [1.82, 2.24) is 0 Å². The molecule has 1 N–H and O–H groups in total. The third-order valence-corrected chi connectivity index (χ3v) is 3.22. The first-order valence-electron chi connectivity index (χ1n) is 6.65. The molecule has 0 bridgehead atoms. The second-order valence-corrected chi connectivity index (χ2v) is 4.68. The fourth-order valence-corrected chi connectivity index (χ4v) is 2.00. The van der Waals surface area contributed by atoms with E-state index in [0.717, 1.165) is 11.1 Å². The number of rotatable bonds is 5. The van der Waals surface area contributed by atoms with Gasteiger partial charge in [0.1, 0.15) is 0 Å². The molecule has 0 heterocycles.